The van der Waals surface area contributed by atoms with Crippen LogP contribution in [0.25, 0.3) is 0 Å². The van der Waals surface area contributed by atoms with E-state index in [2.05, 4.69) is 21.0 Å². The largest absolute Gasteiger partial charge is 0.377 e. The third-order valence-corrected chi connectivity index (χ3v) is 2.27. The highest BCUT2D eigenvalue weighted by Gasteiger charge is 2.13. The van der Waals surface area contributed by atoms with Crippen LogP contribution in [0.2, 0.25) is 0 Å². The Morgan fingerprint density at radius 2 is 2.36 bits per heavy atom. The Bertz CT molecular complexity index is 238. The van der Waals surface area contributed by atoms with Crippen molar-refractivity contribution in [3.63, 3.8) is 0 Å². The lowest BCUT2D eigenvalue weighted by molar-refractivity contribution is 0.0608. The van der Waals surface area contributed by atoms with Gasteiger partial charge in [-0.25, -0.2) is 0 Å². The summed E-state index contributed by atoms with van der Waals surface area (Å²) in [4.78, 5) is 0. The van der Waals surface area contributed by atoms with Crippen molar-refractivity contribution in [2.75, 3.05) is 13.2 Å². The molecule has 1 aromatic heterocycles. The Morgan fingerprint density at radius 1 is 1.57 bits per heavy atom. The van der Waals surface area contributed by atoms with Gasteiger partial charge in [-0.05, 0) is 20.4 Å². The summed E-state index contributed by atoms with van der Waals surface area (Å²) in [5.74, 6) is 0. The normalized spacial score (nSPS) is 13.4. The first-order chi connectivity index (χ1) is 6.74. The first-order valence-corrected chi connectivity index (χ1v) is 5.59. The van der Waals surface area contributed by atoms with Crippen LogP contribution in [0.5, 0.6) is 0 Å². The van der Waals surface area contributed by atoms with E-state index in [4.69, 9.17) is 4.74 Å². The van der Waals surface area contributed by atoms with E-state index < -0.39 is 0 Å². The molecule has 0 amide bonds. The second kappa shape index (κ2) is 6.06. The van der Waals surface area contributed by atoms with Gasteiger partial charge in [0.1, 0.15) is 0 Å². The predicted octanol–water partition coefficient (Wildman–Crippen LogP) is 1.61. The molecule has 0 aliphatic rings. The van der Waals surface area contributed by atoms with E-state index in [0.29, 0.717) is 6.61 Å². The number of rotatable bonds is 6. The number of aromatic nitrogens is 2. The van der Waals surface area contributed by atoms with Crippen molar-refractivity contribution in [1.82, 2.24) is 14.1 Å². The first-order valence-electron chi connectivity index (χ1n) is 4.86. The van der Waals surface area contributed by atoms with Gasteiger partial charge in [0.15, 0.2) is 0 Å². The molecule has 0 aromatic carbocycles. The summed E-state index contributed by atoms with van der Waals surface area (Å²) in [6.07, 6.45) is 2.05. The highest BCUT2D eigenvalue weighted by molar-refractivity contribution is 6.99. The molecule has 0 saturated heterocycles. The summed E-state index contributed by atoms with van der Waals surface area (Å²) in [5.41, 5.74) is 0.970. The average molecular weight is 215 g/mol. The van der Waals surface area contributed by atoms with Crippen molar-refractivity contribution in [2.45, 2.75) is 32.9 Å². The molecule has 0 aliphatic heterocycles. The Kier molecular flexibility index (Phi) is 5.00. The maximum absolute atomic E-state index is 5.55. The molecule has 0 saturated carbocycles. The van der Waals surface area contributed by atoms with E-state index in [-0.39, 0.29) is 12.1 Å². The second-order valence-corrected chi connectivity index (χ2v) is 3.88. The Balaban J connectivity index is 2.47. The van der Waals surface area contributed by atoms with Gasteiger partial charge in [0.05, 0.1) is 42.4 Å². The minimum atomic E-state index is 0.168. The maximum atomic E-state index is 5.55. The minimum absolute atomic E-state index is 0.168. The standard InChI is InChI=1S/C9H17N3OS/c1-4-10-9(6-13-7(2)3)8-5-11-14-12-8/h5,7,9-10H,4,6H2,1-3H3. The van der Waals surface area contributed by atoms with E-state index in [1.165, 1.54) is 11.7 Å². The molecule has 1 atom stereocenters. The number of nitrogens with zero attached hydrogens (tertiary/aromatic N) is 2. The van der Waals surface area contributed by atoms with E-state index in [0.717, 1.165) is 12.2 Å². The Labute approximate surface area is 89.0 Å². The van der Waals surface area contributed by atoms with Crippen molar-refractivity contribution in [3.05, 3.63) is 11.9 Å². The summed E-state index contributed by atoms with van der Waals surface area (Å²) >= 11 is 1.23. The quantitative estimate of drug-likeness (QED) is 0.783. The predicted molar refractivity (Wildman–Crippen MR) is 57.4 cm³/mol. The minimum Gasteiger partial charge on any atom is -0.377 e. The average Bonchev–Trinajstić information content (AvgIpc) is 2.64. The molecule has 80 valence electrons. The van der Waals surface area contributed by atoms with Crippen molar-refractivity contribution >= 4 is 11.7 Å². The fourth-order valence-corrected chi connectivity index (χ4v) is 1.58. The van der Waals surface area contributed by atoms with Crippen LogP contribution in [0.4, 0.5) is 0 Å². The molecule has 1 rings (SSSR count). The molecule has 14 heavy (non-hydrogen) atoms. The zero-order chi connectivity index (χ0) is 10.4. The van der Waals surface area contributed by atoms with Gasteiger partial charge >= 0.3 is 0 Å². The smallest absolute Gasteiger partial charge is 0.0935 e. The molecule has 5 heteroatoms. The molecule has 1 unspecified atom stereocenters. The van der Waals surface area contributed by atoms with Crippen molar-refractivity contribution in [3.8, 4) is 0 Å². The van der Waals surface area contributed by atoms with Gasteiger partial charge in [0.25, 0.3) is 0 Å². The second-order valence-electron chi connectivity index (χ2n) is 3.32. The Morgan fingerprint density at radius 3 is 2.86 bits per heavy atom. The molecule has 1 heterocycles. The van der Waals surface area contributed by atoms with Crippen LogP contribution in [0.3, 0.4) is 0 Å². The lowest BCUT2D eigenvalue weighted by Gasteiger charge is -2.16. The zero-order valence-electron chi connectivity index (χ0n) is 8.86. The zero-order valence-corrected chi connectivity index (χ0v) is 9.67. The lowest BCUT2D eigenvalue weighted by Crippen LogP contribution is -2.26. The van der Waals surface area contributed by atoms with Crippen LogP contribution in [0.15, 0.2) is 6.20 Å². The molecule has 0 radical (unpaired) electrons. The van der Waals surface area contributed by atoms with Crippen molar-refractivity contribution in [1.29, 1.82) is 0 Å². The molecule has 1 aromatic rings. The van der Waals surface area contributed by atoms with Crippen LogP contribution < -0.4 is 5.32 Å². The van der Waals surface area contributed by atoms with Crippen LogP contribution in [-0.2, 0) is 4.74 Å². The number of hydrogen-bond donors (Lipinski definition) is 1. The molecule has 0 bridgehead atoms. The number of hydrogen-bond acceptors (Lipinski definition) is 5. The summed E-state index contributed by atoms with van der Waals surface area (Å²) in [5, 5.41) is 3.32. The molecule has 1 N–H and O–H groups in total. The van der Waals surface area contributed by atoms with Crippen molar-refractivity contribution in [2.24, 2.45) is 0 Å². The van der Waals surface area contributed by atoms with E-state index in [1.54, 1.807) is 6.20 Å². The molecule has 4 nitrogen and oxygen atoms in total. The number of likely N-dealkylation sites (N-methyl/N-ethyl adjacent to an activating group) is 1. The van der Waals surface area contributed by atoms with Gasteiger partial charge in [-0.1, -0.05) is 6.92 Å². The van der Waals surface area contributed by atoms with Crippen LogP contribution >= 0.6 is 11.7 Å². The lowest BCUT2D eigenvalue weighted by atomic mass is 10.2. The van der Waals surface area contributed by atoms with E-state index >= 15 is 0 Å². The molecular formula is C9H17N3OS. The fraction of sp³-hybridized carbons (Fsp3) is 0.778. The van der Waals surface area contributed by atoms with E-state index in [9.17, 15) is 0 Å². The fourth-order valence-electron chi connectivity index (χ4n) is 1.11. The van der Waals surface area contributed by atoms with Gasteiger partial charge < -0.3 is 10.1 Å². The molecule has 0 spiro atoms. The summed E-state index contributed by atoms with van der Waals surface area (Å²) in [6, 6.07) is 0.168. The molecule has 0 aliphatic carbocycles. The molecule has 0 fully saturated rings. The van der Waals surface area contributed by atoms with Crippen molar-refractivity contribution < 1.29 is 4.74 Å². The number of ether oxygens (including phenoxy) is 1. The third kappa shape index (κ3) is 3.69. The van der Waals surface area contributed by atoms with E-state index in [1.807, 2.05) is 13.8 Å². The van der Waals surface area contributed by atoms with Gasteiger partial charge in [-0.2, -0.15) is 8.75 Å². The Hall–Kier alpha value is -0.520. The highest BCUT2D eigenvalue weighted by Crippen LogP contribution is 2.11. The van der Waals surface area contributed by atoms with Crippen LogP contribution in [0, 0.1) is 0 Å². The first kappa shape index (κ1) is 11.6. The monoisotopic (exact) mass is 215 g/mol. The van der Waals surface area contributed by atoms with Gasteiger partial charge in [0.2, 0.25) is 0 Å². The number of nitrogens with one attached hydrogen (secondary N) is 1. The topological polar surface area (TPSA) is 47.0 Å². The highest BCUT2D eigenvalue weighted by atomic mass is 32.1. The van der Waals surface area contributed by atoms with Gasteiger partial charge in [0, 0.05) is 0 Å². The van der Waals surface area contributed by atoms with Gasteiger partial charge in [-0.3, -0.25) is 0 Å². The third-order valence-electron chi connectivity index (χ3n) is 1.78. The summed E-state index contributed by atoms with van der Waals surface area (Å²) in [7, 11) is 0. The summed E-state index contributed by atoms with van der Waals surface area (Å²) < 4.78 is 13.7. The van der Waals surface area contributed by atoms with Gasteiger partial charge in [-0.15, -0.1) is 0 Å². The summed E-state index contributed by atoms with van der Waals surface area (Å²) in [6.45, 7) is 7.69. The molecular weight excluding hydrogens is 198 g/mol. The van der Waals surface area contributed by atoms with Crippen LogP contribution in [0.1, 0.15) is 32.5 Å². The maximum Gasteiger partial charge on any atom is 0.0935 e. The SMILES string of the molecule is CCNC(COC(C)C)c1cnsn1. The van der Waals surface area contributed by atoms with Crippen LogP contribution in [-0.4, -0.2) is 28.0 Å².